The highest BCUT2D eigenvalue weighted by molar-refractivity contribution is 5.80. The molecule has 1 rings (SSSR count). The molecule has 0 aliphatic heterocycles. The monoisotopic (exact) mass is 320 g/mol. The molecule has 23 heavy (non-hydrogen) atoms. The Hall–Kier alpha value is -1.75. The summed E-state index contributed by atoms with van der Waals surface area (Å²) in [7, 11) is 7.66. The van der Waals surface area contributed by atoms with E-state index < -0.39 is 0 Å². The predicted molar refractivity (Wildman–Crippen MR) is 98.2 cm³/mol. The van der Waals surface area contributed by atoms with Crippen LogP contribution in [0.5, 0.6) is 5.75 Å². The fourth-order valence-electron chi connectivity index (χ4n) is 2.22. The van der Waals surface area contributed by atoms with Gasteiger partial charge in [-0.2, -0.15) is 0 Å². The van der Waals surface area contributed by atoms with Gasteiger partial charge in [-0.3, -0.25) is 4.99 Å². The van der Waals surface area contributed by atoms with Gasteiger partial charge in [-0.15, -0.1) is 0 Å². The first-order valence-corrected chi connectivity index (χ1v) is 8.16. The Balaban J connectivity index is 2.76. The van der Waals surface area contributed by atoms with Crippen molar-refractivity contribution in [2.24, 2.45) is 10.9 Å². The van der Waals surface area contributed by atoms with Crippen LogP contribution in [0, 0.1) is 5.92 Å². The lowest BCUT2D eigenvalue weighted by atomic mass is 10.1. The number of aliphatic imine (C=N–C) groups is 1. The van der Waals surface area contributed by atoms with E-state index in [1.165, 1.54) is 5.56 Å². The number of hydrogen-bond acceptors (Lipinski definition) is 3. The maximum atomic E-state index is 5.34. The minimum Gasteiger partial charge on any atom is -0.497 e. The molecule has 130 valence electrons. The number of rotatable bonds is 7. The second-order valence-corrected chi connectivity index (χ2v) is 6.39. The molecule has 0 radical (unpaired) electrons. The van der Waals surface area contributed by atoms with Crippen molar-refractivity contribution in [1.29, 1.82) is 0 Å². The Morgan fingerprint density at radius 1 is 1.26 bits per heavy atom. The normalized spacial score (nSPS) is 14.7. The molecule has 1 aromatic carbocycles. The number of methoxy groups -OCH3 is 1. The van der Waals surface area contributed by atoms with Gasteiger partial charge in [0.25, 0.3) is 0 Å². The van der Waals surface area contributed by atoms with Gasteiger partial charge in [0.05, 0.1) is 13.2 Å². The van der Waals surface area contributed by atoms with E-state index in [0.29, 0.717) is 12.0 Å². The largest absolute Gasteiger partial charge is 0.497 e. The molecule has 2 N–H and O–H groups in total. The first-order chi connectivity index (χ1) is 10.9. The highest BCUT2D eigenvalue weighted by atomic mass is 16.5. The first-order valence-electron chi connectivity index (χ1n) is 8.16. The average Bonchev–Trinajstić information content (AvgIpc) is 2.53. The number of ether oxygens (including phenoxy) is 1. The number of guanidine groups is 1. The van der Waals surface area contributed by atoms with E-state index in [2.05, 4.69) is 67.5 Å². The minimum atomic E-state index is 0.234. The predicted octanol–water partition coefficient (Wildman–Crippen LogP) is 2.51. The molecule has 2 atom stereocenters. The summed E-state index contributed by atoms with van der Waals surface area (Å²) in [6.45, 7) is 7.33. The van der Waals surface area contributed by atoms with Crippen LogP contribution in [0.1, 0.15) is 32.4 Å². The fraction of sp³-hybridized carbons (Fsp3) is 0.611. The highest BCUT2D eigenvalue weighted by Gasteiger charge is 2.16. The van der Waals surface area contributed by atoms with E-state index in [4.69, 9.17) is 4.74 Å². The van der Waals surface area contributed by atoms with Gasteiger partial charge in [0.15, 0.2) is 5.96 Å². The number of hydrogen-bond donors (Lipinski definition) is 2. The van der Waals surface area contributed by atoms with Crippen molar-refractivity contribution in [3.63, 3.8) is 0 Å². The summed E-state index contributed by atoms with van der Waals surface area (Å²) in [4.78, 5) is 6.52. The first kappa shape index (κ1) is 19.3. The van der Waals surface area contributed by atoms with E-state index in [1.807, 2.05) is 12.1 Å². The molecule has 0 aromatic heterocycles. The Morgan fingerprint density at radius 3 is 2.48 bits per heavy atom. The maximum Gasteiger partial charge on any atom is 0.191 e. The molecular formula is C18H32N4O. The van der Waals surface area contributed by atoms with Crippen LogP contribution in [0.15, 0.2) is 29.3 Å². The van der Waals surface area contributed by atoms with Crippen molar-refractivity contribution in [2.75, 3.05) is 34.8 Å². The lowest BCUT2D eigenvalue weighted by Gasteiger charge is -2.27. The molecule has 0 aliphatic rings. The van der Waals surface area contributed by atoms with Gasteiger partial charge in [-0.1, -0.05) is 26.0 Å². The Morgan fingerprint density at radius 2 is 1.96 bits per heavy atom. The second-order valence-electron chi connectivity index (χ2n) is 6.39. The molecular weight excluding hydrogens is 288 g/mol. The summed E-state index contributed by atoms with van der Waals surface area (Å²) in [5.41, 5.74) is 1.22. The van der Waals surface area contributed by atoms with Crippen LogP contribution < -0.4 is 15.4 Å². The van der Waals surface area contributed by atoms with Crippen LogP contribution in [0.4, 0.5) is 0 Å². The van der Waals surface area contributed by atoms with Gasteiger partial charge in [0.1, 0.15) is 5.75 Å². The zero-order chi connectivity index (χ0) is 17.4. The topological polar surface area (TPSA) is 48.9 Å². The molecule has 0 heterocycles. The zero-order valence-corrected chi connectivity index (χ0v) is 15.6. The fourth-order valence-corrected chi connectivity index (χ4v) is 2.22. The highest BCUT2D eigenvalue weighted by Crippen LogP contribution is 2.22. The second kappa shape index (κ2) is 9.40. The van der Waals surface area contributed by atoms with E-state index >= 15 is 0 Å². The number of nitrogens with one attached hydrogen (secondary N) is 2. The van der Waals surface area contributed by atoms with Gasteiger partial charge in [-0.25, -0.2) is 0 Å². The third-order valence-corrected chi connectivity index (χ3v) is 4.15. The van der Waals surface area contributed by atoms with Crippen molar-refractivity contribution in [3.8, 4) is 5.75 Å². The summed E-state index contributed by atoms with van der Waals surface area (Å²) in [5.74, 6) is 2.27. The van der Waals surface area contributed by atoms with Crippen molar-refractivity contribution in [1.82, 2.24) is 15.5 Å². The number of nitrogens with zero attached hydrogens (tertiary/aromatic N) is 2. The summed E-state index contributed by atoms with van der Waals surface area (Å²) in [5, 5.41) is 6.86. The Labute approximate surface area is 141 Å². The van der Waals surface area contributed by atoms with E-state index in [0.717, 1.165) is 18.3 Å². The molecule has 0 saturated heterocycles. The molecule has 0 bridgehead atoms. The van der Waals surface area contributed by atoms with Crippen LogP contribution in [-0.4, -0.2) is 51.7 Å². The molecule has 5 heteroatoms. The van der Waals surface area contributed by atoms with Crippen molar-refractivity contribution >= 4 is 5.96 Å². The minimum absolute atomic E-state index is 0.234. The molecule has 2 unspecified atom stereocenters. The van der Waals surface area contributed by atoms with E-state index in [-0.39, 0.29) is 6.04 Å². The Bertz CT molecular complexity index is 500. The third-order valence-electron chi connectivity index (χ3n) is 4.15. The van der Waals surface area contributed by atoms with E-state index in [9.17, 15) is 0 Å². The third kappa shape index (κ3) is 6.10. The van der Waals surface area contributed by atoms with Gasteiger partial charge in [0.2, 0.25) is 0 Å². The van der Waals surface area contributed by atoms with Crippen LogP contribution in [0.3, 0.4) is 0 Å². The van der Waals surface area contributed by atoms with Crippen molar-refractivity contribution < 1.29 is 4.74 Å². The van der Waals surface area contributed by atoms with E-state index in [1.54, 1.807) is 14.2 Å². The van der Waals surface area contributed by atoms with Crippen molar-refractivity contribution in [2.45, 2.75) is 32.9 Å². The van der Waals surface area contributed by atoms with Crippen LogP contribution in [-0.2, 0) is 0 Å². The molecule has 0 fully saturated rings. The number of likely N-dealkylation sites (N-methyl/N-ethyl adjacent to an activating group) is 1. The summed E-state index contributed by atoms with van der Waals surface area (Å²) < 4.78 is 5.34. The molecule has 0 aliphatic carbocycles. The SMILES string of the molecule is CN=C(NCC(c1cccc(OC)c1)N(C)C)NC(C)C(C)C. The quantitative estimate of drug-likeness (QED) is 0.599. The number of benzene rings is 1. The molecule has 5 nitrogen and oxygen atoms in total. The van der Waals surface area contributed by atoms with Crippen LogP contribution in [0.25, 0.3) is 0 Å². The standard InChI is InChI=1S/C18H32N4O/c1-13(2)14(3)21-18(19-4)20-12-17(22(5)6)15-9-8-10-16(11-15)23-7/h8-11,13-14,17H,12H2,1-7H3,(H2,19,20,21). The van der Waals surface area contributed by atoms with Gasteiger partial charge in [-0.05, 0) is 44.6 Å². The summed E-state index contributed by atoms with van der Waals surface area (Å²) in [6.07, 6.45) is 0. The molecule has 0 amide bonds. The Kier molecular flexibility index (Phi) is 7.89. The average molecular weight is 320 g/mol. The molecule has 0 saturated carbocycles. The smallest absolute Gasteiger partial charge is 0.191 e. The summed E-state index contributed by atoms with van der Waals surface area (Å²) >= 11 is 0. The van der Waals surface area contributed by atoms with Crippen LogP contribution >= 0.6 is 0 Å². The van der Waals surface area contributed by atoms with Gasteiger partial charge in [0, 0.05) is 19.6 Å². The lowest BCUT2D eigenvalue weighted by molar-refractivity contribution is 0.296. The van der Waals surface area contributed by atoms with Gasteiger partial charge >= 0.3 is 0 Å². The zero-order valence-electron chi connectivity index (χ0n) is 15.6. The van der Waals surface area contributed by atoms with Crippen molar-refractivity contribution in [3.05, 3.63) is 29.8 Å². The molecule has 1 aromatic rings. The van der Waals surface area contributed by atoms with Gasteiger partial charge < -0.3 is 20.3 Å². The lowest BCUT2D eigenvalue weighted by Crippen LogP contribution is -2.46. The van der Waals surface area contributed by atoms with Crippen LogP contribution in [0.2, 0.25) is 0 Å². The maximum absolute atomic E-state index is 5.34. The molecule has 0 spiro atoms. The summed E-state index contributed by atoms with van der Waals surface area (Å²) in [6, 6.07) is 8.81.